The molecule has 0 spiro atoms. The Balaban J connectivity index is 2.03. The van der Waals surface area contributed by atoms with Crippen LogP contribution in [0, 0.1) is 5.92 Å². The summed E-state index contributed by atoms with van der Waals surface area (Å²) in [5.41, 5.74) is 6.57. The van der Waals surface area contributed by atoms with E-state index in [0.717, 1.165) is 18.5 Å². The van der Waals surface area contributed by atoms with Crippen molar-refractivity contribution in [1.29, 1.82) is 0 Å². The molecule has 2 atom stereocenters. The molecule has 1 heterocycles. The van der Waals surface area contributed by atoms with E-state index in [-0.39, 0.29) is 11.9 Å². The molecule has 0 saturated carbocycles. The van der Waals surface area contributed by atoms with E-state index in [2.05, 4.69) is 6.92 Å². The van der Waals surface area contributed by atoms with Gasteiger partial charge in [-0.25, -0.2) is 0 Å². The summed E-state index contributed by atoms with van der Waals surface area (Å²) >= 11 is 11.8. The number of nitrogens with zero attached hydrogens (tertiary/aromatic N) is 1. The molecule has 1 aromatic carbocycles. The van der Waals surface area contributed by atoms with Crippen LogP contribution < -0.4 is 5.73 Å². The van der Waals surface area contributed by atoms with Crippen LogP contribution in [-0.4, -0.2) is 29.9 Å². The van der Waals surface area contributed by atoms with Crippen molar-refractivity contribution >= 4 is 29.1 Å². The molecule has 3 nitrogen and oxygen atoms in total. The zero-order valence-electron chi connectivity index (χ0n) is 10.9. The number of carbonyl (C=O) groups excluding carboxylic acids is 1. The topological polar surface area (TPSA) is 46.3 Å². The van der Waals surface area contributed by atoms with Gasteiger partial charge in [0.05, 0.1) is 16.5 Å². The fourth-order valence-corrected chi connectivity index (χ4v) is 2.91. The smallest absolute Gasteiger partial charge is 0.227 e. The molecule has 1 aromatic rings. The monoisotopic (exact) mass is 300 g/mol. The van der Waals surface area contributed by atoms with Crippen molar-refractivity contribution in [1.82, 2.24) is 4.90 Å². The third kappa shape index (κ3) is 3.41. The van der Waals surface area contributed by atoms with Crippen molar-refractivity contribution in [2.75, 3.05) is 13.1 Å². The van der Waals surface area contributed by atoms with E-state index >= 15 is 0 Å². The van der Waals surface area contributed by atoms with Crippen LogP contribution in [0.2, 0.25) is 10.0 Å². The Kier molecular flexibility index (Phi) is 4.71. The maximum Gasteiger partial charge on any atom is 0.227 e. The molecule has 1 amide bonds. The summed E-state index contributed by atoms with van der Waals surface area (Å²) in [5.74, 6) is 0.551. The molecule has 2 unspecified atom stereocenters. The average molecular weight is 301 g/mol. The normalized spacial score (nSPS) is 22.8. The summed E-state index contributed by atoms with van der Waals surface area (Å²) in [5, 5.41) is 0.997. The first-order valence-electron chi connectivity index (χ1n) is 6.44. The number of carbonyl (C=O) groups is 1. The summed E-state index contributed by atoms with van der Waals surface area (Å²) in [7, 11) is 0. The van der Waals surface area contributed by atoms with Crippen molar-refractivity contribution in [3.63, 3.8) is 0 Å². The van der Waals surface area contributed by atoms with Gasteiger partial charge in [0.2, 0.25) is 5.91 Å². The lowest BCUT2D eigenvalue weighted by molar-refractivity contribution is -0.131. The molecule has 1 fully saturated rings. The third-order valence-electron chi connectivity index (χ3n) is 3.65. The van der Waals surface area contributed by atoms with Crippen molar-refractivity contribution < 1.29 is 4.79 Å². The first-order valence-corrected chi connectivity index (χ1v) is 7.20. The van der Waals surface area contributed by atoms with Crippen molar-refractivity contribution in [3.8, 4) is 0 Å². The number of amides is 1. The number of halogens is 2. The number of hydrogen-bond acceptors (Lipinski definition) is 2. The summed E-state index contributed by atoms with van der Waals surface area (Å²) in [4.78, 5) is 14.2. The summed E-state index contributed by atoms with van der Waals surface area (Å²) in [6, 6.07) is 5.59. The molecule has 0 aromatic heterocycles. The average Bonchev–Trinajstić information content (AvgIpc) is 2.75. The van der Waals surface area contributed by atoms with E-state index < -0.39 is 0 Å². The van der Waals surface area contributed by atoms with Crippen molar-refractivity contribution in [2.24, 2.45) is 11.7 Å². The lowest BCUT2D eigenvalue weighted by Crippen LogP contribution is -2.35. The lowest BCUT2D eigenvalue weighted by Gasteiger charge is -2.21. The molecule has 1 saturated heterocycles. The summed E-state index contributed by atoms with van der Waals surface area (Å²) in [6.07, 6.45) is 1.35. The first kappa shape index (κ1) is 14.6. The maximum absolute atomic E-state index is 12.3. The highest BCUT2D eigenvalue weighted by Gasteiger charge is 2.31. The Bertz CT molecular complexity index is 479. The van der Waals surface area contributed by atoms with Crippen LogP contribution in [0.5, 0.6) is 0 Å². The Labute approximate surface area is 123 Å². The van der Waals surface area contributed by atoms with Crippen LogP contribution in [0.15, 0.2) is 18.2 Å². The molecule has 1 aliphatic rings. The number of nitrogens with two attached hydrogens (primary N) is 1. The highest BCUT2D eigenvalue weighted by molar-refractivity contribution is 6.42. The highest BCUT2D eigenvalue weighted by Crippen LogP contribution is 2.25. The largest absolute Gasteiger partial charge is 0.339 e. The second-order valence-electron chi connectivity index (χ2n) is 5.16. The van der Waals surface area contributed by atoms with E-state index in [1.807, 2.05) is 11.0 Å². The molecule has 2 rings (SSSR count). The van der Waals surface area contributed by atoms with Crippen LogP contribution >= 0.6 is 23.2 Å². The molecular weight excluding hydrogens is 283 g/mol. The predicted molar refractivity (Wildman–Crippen MR) is 78.5 cm³/mol. The van der Waals surface area contributed by atoms with Crippen molar-refractivity contribution in [3.05, 3.63) is 33.8 Å². The van der Waals surface area contributed by atoms with E-state index in [1.54, 1.807) is 12.1 Å². The fourth-order valence-electron chi connectivity index (χ4n) is 2.59. The highest BCUT2D eigenvalue weighted by atomic mass is 35.5. The van der Waals surface area contributed by atoms with E-state index in [9.17, 15) is 4.79 Å². The number of likely N-dealkylation sites (tertiary alicyclic amines) is 1. The second kappa shape index (κ2) is 6.12. The van der Waals surface area contributed by atoms with Crippen LogP contribution in [0.25, 0.3) is 0 Å². The van der Waals surface area contributed by atoms with Gasteiger partial charge in [-0.1, -0.05) is 29.3 Å². The fraction of sp³-hybridized carbons (Fsp3) is 0.500. The Morgan fingerprint density at radius 3 is 2.74 bits per heavy atom. The Hall–Kier alpha value is -0.770. The molecule has 0 bridgehead atoms. The standard InChI is InChI=1S/C14H18Cl2N2O/c1-9-4-11(7-17)8-18(9)14(19)6-10-2-3-12(15)13(16)5-10/h2-3,5,9,11H,4,6-8,17H2,1H3. The Morgan fingerprint density at radius 2 is 2.16 bits per heavy atom. The van der Waals surface area contributed by atoms with Gasteiger partial charge in [0, 0.05) is 12.6 Å². The van der Waals surface area contributed by atoms with Crippen molar-refractivity contribution in [2.45, 2.75) is 25.8 Å². The summed E-state index contributed by atoms with van der Waals surface area (Å²) < 4.78 is 0. The van der Waals surface area contributed by atoms with Gasteiger partial charge >= 0.3 is 0 Å². The van der Waals surface area contributed by atoms with Crippen LogP contribution in [0.1, 0.15) is 18.9 Å². The summed E-state index contributed by atoms with van der Waals surface area (Å²) in [6.45, 7) is 3.47. The second-order valence-corrected chi connectivity index (χ2v) is 5.97. The van der Waals surface area contributed by atoms with Crippen LogP contribution in [0.4, 0.5) is 0 Å². The molecule has 0 radical (unpaired) electrons. The van der Waals surface area contributed by atoms with Gasteiger partial charge in [-0.3, -0.25) is 4.79 Å². The molecule has 104 valence electrons. The van der Waals surface area contributed by atoms with E-state index in [4.69, 9.17) is 28.9 Å². The number of rotatable bonds is 3. The minimum Gasteiger partial charge on any atom is -0.339 e. The van der Waals surface area contributed by atoms with E-state index in [1.165, 1.54) is 0 Å². The molecule has 2 N–H and O–H groups in total. The molecular formula is C14H18Cl2N2O. The predicted octanol–water partition coefficient (Wildman–Crippen LogP) is 2.73. The molecule has 0 aliphatic carbocycles. The Morgan fingerprint density at radius 1 is 1.42 bits per heavy atom. The van der Waals surface area contributed by atoms with Gasteiger partial charge in [-0.15, -0.1) is 0 Å². The van der Waals surface area contributed by atoms with Gasteiger partial charge in [0.25, 0.3) is 0 Å². The molecule has 19 heavy (non-hydrogen) atoms. The van der Waals surface area contributed by atoms with Crippen LogP contribution in [0.3, 0.4) is 0 Å². The first-order chi connectivity index (χ1) is 9.01. The SMILES string of the molecule is CC1CC(CN)CN1C(=O)Cc1ccc(Cl)c(Cl)c1. The number of benzene rings is 1. The number of hydrogen-bond donors (Lipinski definition) is 1. The third-order valence-corrected chi connectivity index (χ3v) is 4.39. The van der Waals surface area contributed by atoms with Gasteiger partial charge in [-0.05, 0) is 43.5 Å². The quantitative estimate of drug-likeness (QED) is 0.933. The van der Waals surface area contributed by atoms with Gasteiger partial charge in [0.15, 0.2) is 0 Å². The maximum atomic E-state index is 12.3. The zero-order chi connectivity index (χ0) is 14.0. The minimum absolute atomic E-state index is 0.127. The molecule has 1 aliphatic heterocycles. The van der Waals surface area contributed by atoms with Gasteiger partial charge in [-0.2, -0.15) is 0 Å². The zero-order valence-corrected chi connectivity index (χ0v) is 12.4. The molecule has 5 heteroatoms. The van der Waals surface area contributed by atoms with Crippen LogP contribution in [-0.2, 0) is 11.2 Å². The lowest BCUT2D eigenvalue weighted by atomic mass is 10.1. The van der Waals surface area contributed by atoms with E-state index in [0.29, 0.717) is 28.9 Å². The van der Waals surface area contributed by atoms with Gasteiger partial charge in [0.1, 0.15) is 0 Å². The van der Waals surface area contributed by atoms with Gasteiger partial charge < -0.3 is 10.6 Å². The minimum atomic E-state index is 0.127.